The summed E-state index contributed by atoms with van der Waals surface area (Å²) in [5.41, 5.74) is 1.76. The van der Waals surface area contributed by atoms with E-state index in [-0.39, 0.29) is 17.9 Å². The van der Waals surface area contributed by atoms with E-state index in [0.29, 0.717) is 35.2 Å². The summed E-state index contributed by atoms with van der Waals surface area (Å²) in [5, 5.41) is 11.4. The quantitative estimate of drug-likeness (QED) is 0.289. The predicted molar refractivity (Wildman–Crippen MR) is 132 cm³/mol. The fourth-order valence-corrected chi connectivity index (χ4v) is 4.10. The van der Waals surface area contributed by atoms with Gasteiger partial charge in [-0.1, -0.05) is 50.2 Å². The number of aliphatic hydroxyl groups is 1. The van der Waals surface area contributed by atoms with Gasteiger partial charge in [0.05, 0.1) is 25.3 Å². The molecule has 1 amide bonds. The number of para-hydroxylation sites is 1. The van der Waals surface area contributed by atoms with Crippen molar-refractivity contribution < 1.29 is 24.2 Å². The minimum atomic E-state index is -0.841. The first-order valence-electron chi connectivity index (χ1n) is 11.4. The van der Waals surface area contributed by atoms with Crippen molar-refractivity contribution >= 4 is 17.4 Å². The summed E-state index contributed by atoms with van der Waals surface area (Å²) in [6.45, 7) is 4.75. The van der Waals surface area contributed by atoms with Gasteiger partial charge in [0.1, 0.15) is 17.3 Å². The maximum atomic E-state index is 13.3. The molecular weight excluding hydrogens is 444 g/mol. The van der Waals surface area contributed by atoms with Gasteiger partial charge in [0.2, 0.25) is 0 Å². The Labute approximate surface area is 204 Å². The fourth-order valence-electron chi connectivity index (χ4n) is 4.10. The van der Waals surface area contributed by atoms with Crippen LogP contribution in [0.5, 0.6) is 11.5 Å². The van der Waals surface area contributed by atoms with E-state index in [4.69, 9.17) is 9.47 Å². The number of benzene rings is 2. The number of carbonyl (C=O) groups is 2. The summed E-state index contributed by atoms with van der Waals surface area (Å²) in [6.07, 6.45) is 3.29. The van der Waals surface area contributed by atoms with Crippen LogP contribution in [-0.4, -0.2) is 40.4 Å². The van der Waals surface area contributed by atoms with E-state index < -0.39 is 17.7 Å². The molecule has 0 radical (unpaired) electrons. The molecular formula is C28H28N2O5. The summed E-state index contributed by atoms with van der Waals surface area (Å²) in [5.74, 6) is -0.301. The number of amides is 1. The molecule has 0 aliphatic carbocycles. The zero-order valence-corrected chi connectivity index (χ0v) is 20.0. The first-order chi connectivity index (χ1) is 16.9. The summed E-state index contributed by atoms with van der Waals surface area (Å²) < 4.78 is 11.3. The molecule has 0 bridgehead atoms. The van der Waals surface area contributed by atoms with E-state index in [9.17, 15) is 14.7 Å². The Morgan fingerprint density at radius 2 is 1.89 bits per heavy atom. The van der Waals surface area contributed by atoms with E-state index >= 15 is 0 Å². The molecule has 1 fully saturated rings. The lowest BCUT2D eigenvalue weighted by molar-refractivity contribution is -0.140. The first-order valence-corrected chi connectivity index (χ1v) is 11.4. The average Bonchev–Trinajstić information content (AvgIpc) is 3.12. The molecule has 7 nitrogen and oxygen atoms in total. The number of hydrogen-bond acceptors (Lipinski definition) is 6. The standard InChI is InChI=1S/C28H28N2O5/c1-18(2)17-35-21-10-6-9-20(14-21)26(31)24-25(22-11-4-5-12-23(22)34-3)30(28(33)27(24)32)16-19-8-7-13-29-15-19/h4-15,18,25,31H,16-17H2,1-3H3/b26-24-. The van der Waals surface area contributed by atoms with Gasteiger partial charge in [0.25, 0.3) is 11.7 Å². The van der Waals surface area contributed by atoms with Crippen molar-refractivity contribution in [2.75, 3.05) is 13.7 Å². The number of rotatable bonds is 8. The predicted octanol–water partition coefficient (Wildman–Crippen LogP) is 4.75. The van der Waals surface area contributed by atoms with Crippen molar-refractivity contribution in [1.29, 1.82) is 0 Å². The fraction of sp³-hybridized carbons (Fsp3) is 0.250. The van der Waals surface area contributed by atoms with Crippen LogP contribution in [-0.2, 0) is 16.1 Å². The highest BCUT2D eigenvalue weighted by atomic mass is 16.5. The smallest absolute Gasteiger partial charge is 0.295 e. The van der Waals surface area contributed by atoms with Gasteiger partial charge in [-0.15, -0.1) is 0 Å². The van der Waals surface area contributed by atoms with Crippen molar-refractivity contribution in [2.45, 2.75) is 26.4 Å². The molecule has 1 N–H and O–H groups in total. The molecule has 2 heterocycles. The van der Waals surface area contributed by atoms with E-state index in [2.05, 4.69) is 4.98 Å². The second kappa shape index (κ2) is 10.4. The molecule has 2 aromatic carbocycles. The first kappa shape index (κ1) is 24.0. The summed E-state index contributed by atoms with van der Waals surface area (Å²) in [4.78, 5) is 32.1. The van der Waals surface area contributed by atoms with E-state index in [0.717, 1.165) is 5.56 Å². The van der Waals surface area contributed by atoms with Crippen LogP contribution in [0.2, 0.25) is 0 Å². The number of pyridine rings is 1. The topological polar surface area (TPSA) is 89.0 Å². The van der Waals surface area contributed by atoms with E-state index in [1.54, 1.807) is 54.9 Å². The highest BCUT2D eigenvalue weighted by molar-refractivity contribution is 6.46. The molecule has 3 aromatic rings. The summed E-state index contributed by atoms with van der Waals surface area (Å²) in [6, 6.07) is 16.8. The van der Waals surface area contributed by atoms with Crippen molar-refractivity contribution in [3.05, 3.63) is 95.3 Å². The third kappa shape index (κ3) is 5.04. The van der Waals surface area contributed by atoms with Gasteiger partial charge in [-0.2, -0.15) is 0 Å². The monoisotopic (exact) mass is 472 g/mol. The second-order valence-electron chi connectivity index (χ2n) is 8.76. The number of aliphatic hydroxyl groups excluding tert-OH is 1. The number of ether oxygens (including phenoxy) is 2. The summed E-state index contributed by atoms with van der Waals surface area (Å²) >= 11 is 0. The number of aromatic nitrogens is 1. The van der Waals surface area contributed by atoms with Crippen LogP contribution in [0.25, 0.3) is 5.76 Å². The lowest BCUT2D eigenvalue weighted by atomic mass is 9.94. The number of hydrogen-bond donors (Lipinski definition) is 1. The number of likely N-dealkylation sites (tertiary alicyclic amines) is 1. The van der Waals surface area contributed by atoms with Crippen LogP contribution in [0.1, 0.15) is 36.6 Å². The normalized spacial score (nSPS) is 17.1. The highest BCUT2D eigenvalue weighted by Crippen LogP contribution is 2.43. The van der Waals surface area contributed by atoms with Crippen LogP contribution in [0.3, 0.4) is 0 Å². The van der Waals surface area contributed by atoms with Crippen LogP contribution in [0.4, 0.5) is 0 Å². The van der Waals surface area contributed by atoms with Crippen LogP contribution in [0.15, 0.2) is 78.6 Å². The highest BCUT2D eigenvalue weighted by Gasteiger charge is 2.47. The Balaban J connectivity index is 1.84. The van der Waals surface area contributed by atoms with Crippen LogP contribution in [0, 0.1) is 5.92 Å². The zero-order chi connectivity index (χ0) is 24.9. The molecule has 1 aromatic heterocycles. The minimum Gasteiger partial charge on any atom is -0.507 e. The molecule has 180 valence electrons. The van der Waals surface area contributed by atoms with Crippen molar-refractivity contribution in [3.63, 3.8) is 0 Å². The summed E-state index contributed by atoms with van der Waals surface area (Å²) in [7, 11) is 1.53. The average molecular weight is 473 g/mol. The largest absolute Gasteiger partial charge is 0.507 e. The van der Waals surface area contributed by atoms with Crippen LogP contribution >= 0.6 is 0 Å². The van der Waals surface area contributed by atoms with Crippen molar-refractivity contribution in [1.82, 2.24) is 9.88 Å². The maximum absolute atomic E-state index is 13.3. The maximum Gasteiger partial charge on any atom is 0.295 e. The lowest BCUT2D eigenvalue weighted by Crippen LogP contribution is -2.29. The third-order valence-electron chi connectivity index (χ3n) is 5.74. The SMILES string of the molecule is COc1ccccc1C1/C(=C(/O)c2cccc(OCC(C)C)c2)C(=O)C(=O)N1Cc1cccnc1. The lowest BCUT2D eigenvalue weighted by Gasteiger charge is -2.26. The number of nitrogens with zero attached hydrogens (tertiary/aromatic N) is 2. The van der Waals surface area contributed by atoms with Crippen molar-refractivity contribution in [2.24, 2.45) is 5.92 Å². The van der Waals surface area contributed by atoms with Gasteiger partial charge >= 0.3 is 0 Å². The Morgan fingerprint density at radius 1 is 1.09 bits per heavy atom. The zero-order valence-electron chi connectivity index (χ0n) is 20.0. The van der Waals surface area contributed by atoms with Gasteiger partial charge in [-0.3, -0.25) is 14.6 Å². The number of ketones is 1. The van der Waals surface area contributed by atoms with Gasteiger partial charge in [-0.05, 0) is 35.7 Å². The molecule has 1 saturated heterocycles. The molecule has 1 aliphatic rings. The van der Waals surface area contributed by atoms with Gasteiger partial charge in [-0.25, -0.2) is 0 Å². The number of Topliss-reactive ketones (excluding diaryl/α,β-unsaturated/α-hetero) is 1. The minimum absolute atomic E-state index is 0.00407. The molecule has 0 spiro atoms. The second-order valence-corrected chi connectivity index (χ2v) is 8.76. The van der Waals surface area contributed by atoms with Gasteiger partial charge < -0.3 is 19.5 Å². The molecule has 7 heteroatoms. The Kier molecular flexibility index (Phi) is 7.15. The molecule has 0 saturated carbocycles. The van der Waals surface area contributed by atoms with Gasteiger partial charge in [0.15, 0.2) is 0 Å². The van der Waals surface area contributed by atoms with Crippen molar-refractivity contribution in [3.8, 4) is 11.5 Å². The molecule has 1 aliphatic heterocycles. The molecule has 35 heavy (non-hydrogen) atoms. The van der Waals surface area contributed by atoms with E-state index in [1.165, 1.54) is 12.0 Å². The third-order valence-corrected chi connectivity index (χ3v) is 5.74. The molecule has 4 rings (SSSR count). The van der Waals surface area contributed by atoms with Gasteiger partial charge in [0, 0.05) is 30.1 Å². The van der Waals surface area contributed by atoms with E-state index in [1.807, 2.05) is 32.0 Å². The number of carbonyl (C=O) groups excluding carboxylic acids is 2. The Bertz CT molecular complexity index is 1250. The number of methoxy groups -OCH3 is 1. The molecule has 1 unspecified atom stereocenters. The van der Waals surface area contributed by atoms with Crippen LogP contribution < -0.4 is 9.47 Å². The Morgan fingerprint density at radius 3 is 2.60 bits per heavy atom. The Hall–Kier alpha value is -4.13. The molecule has 1 atom stereocenters.